The number of nitrogens with zero attached hydrogens (tertiary/aromatic N) is 4. The third-order valence-corrected chi connectivity index (χ3v) is 4.96. The molecule has 6 nitrogen and oxygen atoms in total. The normalized spacial score (nSPS) is 10.7. The summed E-state index contributed by atoms with van der Waals surface area (Å²) < 4.78 is 15.1. The van der Waals surface area contributed by atoms with Crippen LogP contribution in [0.5, 0.6) is 0 Å². The summed E-state index contributed by atoms with van der Waals surface area (Å²) in [6.45, 7) is 3.47. The van der Waals surface area contributed by atoms with Crippen molar-refractivity contribution in [2.24, 2.45) is 0 Å². The van der Waals surface area contributed by atoms with E-state index >= 15 is 0 Å². The third kappa shape index (κ3) is 4.53. The summed E-state index contributed by atoms with van der Waals surface area (Å²) in [4.78, 5) is 12.2. The van der Waals surface area contributed by atoms with E-state index in [1.807, 2.05) is 0 Å². The second-order valence-electron chi connectivity index (χ2n) is 5.58. The van der Waals surface area contributed by atoms with Crippen LogP contribution in [0.1, 0.15) is 11.1 Å². The van der Waals surface area contributed by atoms with E-state index in [-0.39, 0.29) is 23.7 Å². The molecule has 2 aromatic carbocycles. The van der Waals surface area contributed by atoms with Crippen molar-refractivity contribution in [3.8, 4) is 5.69 Å². The van der Waals surface area contributed by atoms with Crippen molar-refractivity contribution < 1.29 is 14.3 Å². The van der Waals surface area contributed by atoms with Gasteiger partial charge in [-0.3, -0.25) is 4.79 Å². The molecule has 0 spiro atoms. The van der Waals surface area contributed by atoms with Crippen molar-refractivity contribution in [2.75, 3.05) is 5.75 Å². The van der Waals surface area contributed by atoms with Crippen molar-refractivity contribution in [1.82, 2.24) is 20.2 Å². The Balaban J connectivity index is 1.72. The molecule has 0 aliphatic rings. The zero-order chi connectivity index (χ0) is 19.4. The molecule has 3 rings (SSSR count). The van der Waals surface area contributed by atoms with Gasteiger partial charge in [-0.2, -0.15) is 4.68 Å². The van der Waals surface area contributed by atoms with E-state index in [0.717, 1.165) is 11.8 Å². The Hall–Kier alpha value is -2.71. The third-order valence-electron chi connectivity index (χ3n) is 3.65. The van der Waals surface area contributed by atoms with Gasteiger partial charge in [0.25, 0.3) is 0 Å². The van der Waals surface area contributed by atoms with Crippen LogP contribution in [0.4, 0.5) is 4.39 Å². The van der Waals surface area contributed by atoms with Crippen LogP contribution in [0.15, 0.2) is 54.2 Å². The summed E-state index contributed by atoms with van der Waals surface area (Å²) in [5.74, 6) is -0.648. The van der Waals surface area contributed by atoms with Crippen LogP contribution in [0, 0.1) is 5.82 Å². The van der Waals surface area contributed by atoms with Gasteiger partial charge in [-0.15, -0.1) is 5.10 Å². The van der Waals surface area contributed by atoms with Gasteiger partial charge in [0.1, 0.15) is 17.4 Å². The van der Waals surface area contributed by atoms with Gasteiger partial charge in [0.05, 0.1) is 16.5 Å². The van der Waals surface area contributed by atoms with Gasteiger partial charge in [-0.25, -0.2) is 4.39 Å². The number of halogens is 2. The van der Waals surface area contributed by atoms with Crippen molar-refractivity contribution in [3.05, 3.63) is 71.0 Å². The van der Waals surface area contributed by atoms with Gasteiger partial charge >= 0.3 is 0 Å². The van der Waals surface area contributed by atoms with Crippen molar-refractivity contribution in [1.29, 1.82) is 0 Å². The van der Waals surface area contributed by atoms with Crippen LogP contribution >= 0.6 is 23.4 Å². The van der Waals surface area contributed by atoms with Gasteiger partial charge in [0, 0.05) is 12.0 Å². The monoisotopic (exact) mass is 404 g/mol. The molecular formula is C18H14ClFN4O2S. The Morgan fingerprint density at radius 2 is 2.07 bits per heavy atom. The Bertz CT molecular complexity index is 1010. The number of tetrazole rings is 1. The van der Waals surface area contributed by atoms with Crippen molar-refractivity contribution in [3.63, 3.8) is 0 Å². The van der Waals surface area contributed by atoms with E-state index in [9.17, 15) is 14.3 Å². The first-order chi connectivity index (χ1) is 13.0. The lowest BCUT2D eigenvalue weighted by molar-refractivity contribution is -0.116. The number of benzene rings is 2. The Labute approximate surface area is 163 Å². The van der Waals surface area contributed by atoms with Crippen LogP contribution in [0.3, 0.4) is 0 Å². The molecule has 0 radical (unpaired) electrons. The van der Waals surface area contributed by atoms with Gasteiger partial charge in [0.2, 0.25) is 5.16 Å². The number of Topliss-reactive ketones (excluding diaryl/α,β-unsaturated/α-hetero) is 1. The van der Waals surface area contributed by atoms with E-state index in [0.29, 0.717) is 27.0 Å². The number of hydrogen-bond donors (Lipinski definition) is 1. The second-order valence-corrected chi connectivity index (χ2v) is 6.93. The van der Waals surface area contributed by atoms with E-state index in [1.165, 1.54) is 10.7 Å². The van der Waals surface area contributed by atoms with Gasteiger partial charge in [0.15, 0.2) is 0 Å². The maximum Gasteiger partial charge on any atom is 0.214 e. The Morgan fingerprint density at radius 3 is 2.81 bits per heavy atom. The highest BCUT2D eigenvalue weighted by molar-refractivity contribution is 7.99. The average Bonchev–Trinajstić information content (AvgIpc) is 3.11. The number of hydrogen-bond acceptors (Lipinski definition) is 6. The fourth-order valence-corrected chi connectivity index (χ4v) is 3.32. The molecule has 0 amide bonds. The highest BCUT2D eigenvalue weighted by Crippen LogP contribution is 2.26. The molecule has 0 aliphatic carbocycles. The number of aliphatic hydroxyl groups is 1. The van der Waals surface area contributed by atoms with E-state index in [4.69, 9.17) is 11.6 Å². The predicted octanol–water partition coefficient (Wildman–Crippen LogP) is 3.89. The molecule has 1 heterocycles. The van der Waals surface area contributed by atoms with Crippen LogP contribution in [-0.4, -0.2) is 36.8 Å². The highest BCUT2D eigenvalue weighted by atomic mass is 35.5. The van der Waals surface area contributed by atoms with Crippen LogP contribution in [0.25, 0.3) is 11.4 Å². The minimum absolute atomic E-state index is 0.00330. The predicted molar refractivity (Wildman–Crippen MR) is 102 cm³/mol. The van der Waals surface area contributed by atoms with E-state index < -0.39 is 5.82 Å². The van der Waals surface area contributed by atoms with Crippen LogP contribution in [0.2, 0.25) is 5.02 Å². The molecule has 0 unspecified atom stereocenters. The van der Waals surface area contributed by atoms with Crippen LogP contribution in [-0.2, 0) is 11.2 Å². The number of carbonyl (C=O) groups is 1. The number of thioether (sulfide) groups is 1. The molecule has 1 N–H and O–H groups in total. The quantitative estimate of drug-likeness (QED) is 0.475. The fraction of sp³-hybridized carbons (Fsp3) is 0.111. The molecule has 0 fully saturated rings. The maximum absolute atomic E-state index is 13.7. The first kappa shape index (κ1) is 19.1. The lowest BCUT2D eigenvalue weighted by Gasteiger charge is -2.08. The number of aliphatic hydroxyl groups excluding tert-OH is 1. The summed E-state index contributed by atoms with van der Waals surface area (Å²) in [5, 5.41) is 21.8. The highest BCUT2D eigenvalue weighted by Gasteiger charge is 2.15. The largest absolute Gasteiger partial charge is 0.508 e. The molecule has 0 aliphatic heterocycles. The average molecular weight is 405 g/mol. The van der Waals surface area contributed by atoms with Gasteiger partial charge in [-0.1, -0.05) is 48.1 Å². The summed E-state index contributed by atoms with van der Waals surface area (Å²) >= 11 is 7.16. The molecule has 0 saturated carbocycles. The first-order valence-electron chi connectivity index (χ1n) is 7.80. The Kier molecular flexibility index (Phi) is 5.88. The molecular weight excluding hydrogens is 391 g/mol. The number of rotatable bonds is 7. The SMILES string of the molecule is C=C(O)c1cc(-n2nnnc2SCC(=O)Cc2ccccc2F)ccc1Cl. The van der Waals surface area contributed by atoms with E-state index in [2.05, 4.69) is 22.1 Å². The molecule has 1 aromatic heterocycles. The van der Waals surface area contributed by atoms with Gasteiger partial charge in [-0.05, 0) is 40.3 Å². The summed E-state index contributed by atoms with van der Waals surface area (Å²) in [6.07, 6.45) is -0.00330. The summed E-state index contributed by atoms with van der Waals surface area (Å²) in [7, 11) is 0. The minimum atomic E-state index is -0.404. The van der Waals surface area contributed by atoms with Crippen molar-refractivity contribution in [2.45, 2.75) is 11.6 Å². The zero-order valence-corrected chi connectivity index (χ0v) is 15.5. The first-order valence-corrected chi connectivity index (χ1v) is 9.16. The second kappa shape index (κ2) is 8.32. The molecule has 27 heavy (non-hydrogen) atoms. The summed E-state index contributed by atoms with van der Waals surface area (Å²) in [5.41, 5.74) is 1.27. The number of carbonyl (C=O) groups excluding carboxylic acids is 1. The molecule has 0 saturated heterocycles. The number of ketones is 1. The lowest BCUT2D eigenvalue weighted by Crippen LogP contribution is -2.08. The maximum atomic E-state index is 13.7. The minimum Gasteiger partial charge on any atom is -0.508 e. The molecule has 0 bridgehead atoms. The smallest absolute Gasteiger partial charge is 0.214 e. The number of aromatic nitrogens is 4. The standard InChI is InChI=1S/C18H14ClFN4O2S/c1-11(25)15-9-13(6-7-16(15)19)24-18(21-22-23-24)27-10-14(26)8-12-4-2-3-5-17(12)20/h2-7,9,25H,1,8,10H2. The molecule has 138 valence electrons. The topological polar surface area (TPSA) is 80.9 Å². The molecule has 0 atom stereocenters. The zero-order valence-electron chi connectivity index (χ0n) is 14.0. The van der Waals surface area contributed by atoms with Gasteiger partial charge < -0.3 is 5.11 Å². The summed E-state index contributed by atoms with van der Waals surface area (Å²) in [6, 6.07) is 11.0. The fourth-order valence-electron chi connectivity index (χ4n) is 2.35. The Morgan fingerprint density at radius 1 is 1.30 bits per heavy atom. The van der Waals surface area contributed by atoms with Crippen LogP contribution < -0.4 is 0 Å². The van der Waals surface area contributed by atoms with E-state index in [1.54, 1.807) is 36.4 Å². The molecule has 3 aromatic rings. The lowest BCUT2D eigenvalue weighted by atomic mass is 10.1. The van der Waals surface area contributed by atoms with Crippen molar-refractivity contribution >= 4 is 34.9 Å². The molecule has 9 heteroatoms.